The zero-order valence-electron chi connectivity index (χ0n) is 12.2. The molecule has 0 radical (unpaired) electrons. The van der Waals surface area contributed by atoms with Crippen molar-refractivity contribution in [3.8, 4) is 5.75 Å². The largest absolute Gasteiger partial charge is 0.484 e. The molecule has 0 bridgehead atoms. The van der Waals surface area contributed by atoms with E-state index in [1.54, 1.807) is 29.2 Å². The lowest BCUT2D eigenvalue weighted by Gasteiger charge is -2.32. The average molecular weight is 291 g/mol. The van der Waals surface area contributed by atoms with E-state index in [9.17, 15) is 9.59 Å². The Morgan fingerprint density at radius 2 is 2.10 bits per heavy atom. The van der Waals surface area contributed by atoms with Crippen LogP contribution in [0, 0.1) is 0 Å². The Hall–Kier alpha value is -2.24. The van der Waals surface area contributed by atoms with Gasteiger partial charge in [-0.15, -0.1) is 0 Å². The second-order valence-electron chi connectivity index (χ2n) is 5.24. The van der Waals surface area contributed by atoms with Gasteiger partial charge in [0, 0.05) is 31.7 Å². The summed E-state index contributed by atoms with van der Waals surface area (Å²) >= 11 is 0. The first-order valence-corrected chi connectivity index (χ1v) is 7.08. The predicted octanol–water partition coefficient (Wildman–Crippen LogP) is 0.775. The first kappa shape index (κ1) is 15.2. The summed E-state index contributed by atoms with van der Waals surface area (Å²) in [7, 11) is 0. The summed E-state index contributed by atoms with van der Waals surface area (Å²) in [6, 6.07) is 6.97. The number of anilines is 1. The number of amides is 2. The van der Waals surface area contributed by atoms with Gasteiger partial charge in [-0.3, -0.25) is 9.59 Å². The summed E-state index contributed by atoms with van der Waals surface area (Å²) in [4.78, 5) is 24.9. The quantitative estimate of drug-likeness (QED) is 0.803. The molecule has 2 amide bonds. The number of carbonyl (C=O) groups is 2. The summed E-state index contributed by atoms with van der Waals surface area (Å²) in [5, 5.41) is 2.86. The van der Waals surface area contributed by atoms with Crippen LogP contribution in [0.3, 0.4) is 0 Å². The van der Waals surface area contributed by atoms with Gasteiger partial charge in [0.1, 0.15) is 5.75 Å². The highest BCUT2D eigenvalue weighted by Gasteiger charge is 2.24. The Morgan fingerprint density at radius 3 is 2.76 bits per heavy atom. The summed E-state index contributed by atoms with van der Waals surface area (Å²) in [5.41, 5.74) is 6.24. The molecular formula is C15H21N3O3. The molecule has 21 heavy (non-hydrogen) atoms. The molecular weight excluding hydrogens is 270 g/mol. The lowest BCUT2D eigenvalue weighted by Crippen LogP contribution is -2.50. The molecule has 0 saturated carbocycles. The van der Waals surface area contributed by atoms with Crippen LogP contribution < -0.4 is 15.8 Å². The van der Waals surface area contributed by atoms with E-state index >= 15 is 0 Å². The number of nitrogen functional groups attached to an aromatic ring is 1. The fraction of sp³-hybridized carbons (Fsp3) is 0.467. The summed E-state index contributed by atoms with van der Waals surface area (Å²) in [6.45, 7) is 2.74. The maximum Gasteiger partial charge on any atom is 0.260 e. The molecule has 1 saturated heterocycles. The van der Waals surface area contributed by atoms with E-state index in [4.69, 9.17) is 10.5 Å². The van der Waals surface area contributed by atoms with Crippen molar-refractivity contribution >= 4 is 17.5 Å². The molecule has 1 heterocycles. The number of hydrogen-bond donors (Lipinski definition) is 2. The van der Waals surface area contributed by atoms with Crippen LogP contribution in [-0.4, -0.2) is 42.5 Å². The highest BCUT2D eigenvalue weighted by atomic mass is 16.5. The zero-order valence-corrected chi connectivity index (χ0v) is 12.2. The lowest BCUT2D eigenvalue weighted by molar-refractivity contribution is -0.135. The minimum atomic E-state index is -0.0677. The Labute approximate surface area is 124 Å². The van der Waals surface area contributed by atoms with E-state index in [0.717, 1.165) is 12.8 Å². The van der Waals surface area contributed by atoms with Crippen molar-refractivity contribution in [2.75, 3.05) is 25.4 Å². The second kappa shape index (κ2) is 6.97. The van der Waals surface area contributed by atoms with Crippen LogP contribution in [0.25, 0.3) is 0 Å². The Balaban J connectivity index is 1.82. The number of likely N-dealkylation sites (tertiary alicyclic amines) is 1. The molecule has 0 aromatic heterocycles. The summed E-state index contributed by atoms with van der Waals surface area (Å²) < 4.78 is 5.46. The van der Waals surface area contributed by atoms with E-state index < -0.39 is 0 Å². The smallest absolute Gasteiger partial charge is 0.260 e. The monoisotopic (exact) mass is 291 g/mol. The highest BCUT2D eigenvalue weighted by Crippen LogP contribution is 2.14. The Kier molecular flexibility index (Phi) is 5.03. The Morgan fingerprint density at radius 1 is 1.38 bits per heavy atom. The van der Waals surface area contributed by atoms with E-state index in [1.807, 2.05) is 0 Å². The molecule has 114 valence electrons. The van der Waals surface area contributed by atoms with Gasteiger partial charge >= 0.3 is 0 Å². The van der Waals surface area contributed by atoms with E-state index in [1.165, 1.54) is 6.92 Å². The topological polar surface area (TPSA) is 84.7 Å². The van der Waals surface area contributed by atoms with Crippen LogP contribution in [0.15, 0.2) is 24.3 Å². The number of piperidine rings is 1. The van der Waals surface area contributed by atoms with Gasteiger partial charge in [0.05, 0.1) is 0 Å². The van der Waals surface area contributed by atoms with Gasteiger partial charge in [-0.1, -0.05) is 0 Å². The summed E-state index contributed by atoms with van der Waals surface area (Å²) in [6.07, 6.45) is 1.79. The normalized spacial score (nSPS) is 18.1. The molecule has 1 aromatic rings. The molecule has 1 atom stereocenters. The molecule has 2 rings (SSSR count). The van der Waals surface area contributed by atoms with Crippen LogP contribution in [0.4, 0.5) is 5.69 Å². The SMILES string of the molecule is CC(=O)NC1CCCN(C(=O)COc2ccc(N)cc2)C1. The van der Waals surface area contributed by atoms with Crippen molar-refractivity contribution in [2.24, 2.45) is 0 Å². The molecule has 0 spiro atoms. The number of benzene rings is 1. The predicted molar refractivity (Wildman–Crippen MR) is 79.8 cm³/mol. The summed E-state index contributed by atoms with van der Waals surface area (Å²) in [5.74, 6) is 0.488. The third kappa shape index (κ3) is 4.66. The molecule has 0 aliphatic carbocycles. The molecule has 1 aromatic carbocycles. The average Bonchev–Trinajstić information content (AvgIpc) is 2.46. The first-order valence-electron chi connectivity index (χ1n) is 7.08. The van der Waals surface area contributed by atoms with E-state index in [2.05, 4.69) is 5.32 Å². The number of hydrogen-bond acceptors (Lipinski definition) is 4. The van der Waals surface area contributed by atoms with Gasteiger partial charge in [-0.2, -0.15) is 0 Å². The molecule has 1 unspecified atom stereocenters. The molecule has 3 N–H and O–H groups in total. The van der Waals surface area contributed by atoms with Gasteiger partial charge < -0.3 is 20.7 Å². The van der Waals surface area contributed by atoms with Gasteiger partial charge in [-0.05, 0) is 37.1 Å². The number of nitrogens with one attached hydrogen (secondary N) is 1. The molecule has 1 fully saturated rings. The van der Waals surface area contributed by atoms with Crippen LogP contribution in [0.5, 0.6) is 5.75 Å². The van der Waals surface area contributed by atoms with Crippen LogP contribution in [0.2, 0.25) is 0 Å². The van der Waals surface area contributed by atoms with Crippen molar-refractivity contribution in [3.63, 3.8) is 0 Å². The molecule has 1 aliphatic rings. The minimum absolute atomic E-state index is 0.00326. The van der Waals surface area contributed by atoms with Crippen LogP contribution in [0.1, 0.15) is 19.8 Å². The number of nitrogens with two attached hydrogens (primary N) is 1. The van der Waals surface area contributed by atoms with Gasteiger partial charge in [-0.25, -0.2) is 0 Å². The van der Waals surface area contributed by atoms with Crippen LogP contribution >= 0.6 is 0 Å². The van der Waals surface area contributed by atoms with E-state index in [0.29, 0.717) is 24.5 Å². The minimum Gasteiger partial charge on any atom is -0.484 e. The maximum absolute atomic E-state index is 12.1. The van der Waals surface area contributed by atoms with Crippen molar-refractivity contribution in [1.82, 2.24) is 10.2 Å². The number of carbonyl (C=O) groups excluding carboxylic acids is 2. The zero-order chi connectivity index (χ0) is 15.2. The first-order chi connectivity index (χ1) is 10.0. The maximum atomic E-state index is 12.1. The van der Waals surface area contributed by atoms with Crippen molar-refractivity contribution < 1.29 is 14.3 Å². The third-order valence-corrected chi connectivity index (χ3v) is 3.42. The van der Waals surface area contributed by atoms with Crippen molar-refractivity contribution in [3.05, 3.63) is 24.3 Å². The molecule has 1 aliphatic heterocycles. The highest BCUT2D eigenvalue weighted by molar-refractivity contribution is 5.78. The van der Waals surface area contributed by atoms with Gasteiger partial charge in [0.25, 0.3) is 5.91 Å². The Bertz CT molecular complexity index is 501. The molecule has 6 nitrogen and oxygen atoms in total. The number of ether oxygens (including phenoxy) is 1. The fourth-order valence-corrected chi connectivity index (χ4v) is 2.41. The third-order valence-electron chi connectivity index (χ3n) is 3.42. The standard InChI is InChI=1S/C15H21N3O3/c1-11(19)17-13-3-2-8-18(9-13)15(20)10-21-14-6-4-12(16)5-7-14/h4-7,13H,2-3,8-10,16H2,1H3,(H,17,19). The lowest BCUT2D eigenvalue weighted by atomic mass is 10.1. The molecule has 6 heteroatoms. The fourth-order valence-electron chi connectivity index (χ4n) is 2.41. The number of rotatable bonds is 4. The van der Waals surface area contributed by atoms with Crippen molar-refractivity contribution in [1.29, 1.82) is 0 Å². The van der Waals surface area contributed by atoms with Gasteiger partial charge in [0.2, 0.25) is 5.91 Å². The number of nitrogens with zero attached hydrogens (tertiary/aromatic N) is 1. The van der Waals surface area contributed by atoms with Gasteiger partial charge in [0.15, 0.2) is 6.61 Å². The van der Waals surface area contributed by atoms with E-state index in [-0.39, 0.29) is 24.5 Å². The van der Waals surface area contributed by atoms with Crippen molar-refractivity contribution in [2.45, 2.75) is 25.8 Å². The second-order valence-corrected chi connectivity index (χ2v) is 5.24. The van der Waals surface area contributed by atoms with Crippen LogP contribution in [-0.2, 0) is 9.59 Å².